The summed E-state index contributed by atoms with van der Waals surface area (Å²) in [5.41, 5.74) is 0.589. The van der Waals surface area contributed by atoms with Crippen LogP contribution in [0.2, 0.25) is 5.02 Å². The van der Waals surface area contributed by atoms with Gasteiger partial charge in [-0.15, -0.1) is 0 Å². The minimum Gasteiger partial charge on any atom is -0.486 e. The van der Waals surface area contributed by atoms with Crippen LogP contribution in [0.1, 0.15) is 12.1 Å². The minimum atomic E-state index is -3.90. The summed E-state index contributed by atoms with van der Waals surface area (Å²) >= 11 is 5.61. The molecule has 0 unspecified atom stereocenters. The Morgan fingerprint density at radius 3 is 2.63 bits per heavy atom. The Morgan fingerprint density at radius 2 is 2.00 bits per heavy atom. The van der Waals surface area contributed by atoms with Crippen LogP contribution in [0.3, 0.4) is 0 Å². The van der Waals surface area contributed by atoms with Gasteiger partial charge in [0.05, 0.1) is 23.0 Å². The monoisotopic (exact) mass is 457 g/mol. The Balaban J connectivity index is 1.45. The smallest absolute Gasteiger partial charge is 0.254 e. The molecule has 1 aliphatic heterocycles. The highest BCUT2D eigenvalue weighted by molar-refractivity contribution is 7.89. The number of likely N-dealkylation sites (tertiary alicyclic amines) is 1. The number of pyridine rings is 1. The lowest BCUT2D eigenvalue weighted by Crippen LogP contribution is -2.56. The van der Waals surface area contributed by atoms with Gasteiger partial charge in [-0.25, -0.2) is 17.5 Å². The van der Waals surface area contributed by atoms with Crippen LogP contribution in [0, 0.1) is 12.7 Å². The van der Waals surface area contributed by atoms with E-state index in [0.29, 0.717) is 18.8 Å². The predicted octanol–water partition coefficient (Wildman–Crippen LogP) is 1.44. The zero-order valence-electron chi connectivity index (χ0n) is 16.4. The maximum Gasteiger partial charge on any atom is 0.254 e. The molecule has 0 radical (unpaired) electrons. The van der Waals surface area contributed by atoms with Gasteiger partial charge in [0.25, 0.3) is 5.56 Å². The van der Waals surface area contributed by atoms with Crippen molar-refractivity contribution in [1.29, 1.82) is 0 Å². The first kappa shape index (κ1) is 22.3. The number of aryl methyl sites for hydroxylation is 1. The number of aromatic nitrogens is 1. The summed E-state index contributed by atoms with van der Waals surface area (Å²) in [6.07, 6.45) is -0.259. The molecule has 1 saturated heterocycles. The van der Waals surface area contributed by atoms with Crippen LogP contribution in [0.4, 0.5) is 4.39 Å². The number of carbonyl (C=O) groups excluding carboxylic acids is 1. The number of hydrogen-bond donors (Lipinski definition) is 1. The molecule has 1 fully saturated rings. The number of amides is 1. The van der Waals surface area contributed by atoms with Crippen molar-refractivity contribution in [1.82, 2.24) is 14.2 Å². The number of hydrogen-bond acceptors (Lipinski definition) is 5. The number of sulfonamides is 1. The fraction of sp³-hybridized carbons (Fsp3) is 0.368. The number of nitrogens with zero attached hydrogens (tertiary/aromatic N) is 2. The molecule has 1 aliphatic rings. The topological polar surface area (TPSA) is 97.7 Å². The normalized spacial score (nSPS) is 14.5. The highest BCUT2D eigenvalue weighted by atomic mass is 35.5. The van der Waals surface area contributed by atoms with Gasteiger partial charge in [0.2, 0.25) is 15.9 Å². The molecule has 2 heterocycles. The molecule has 8 nitrogen and oxygen atoms in total. The van der Waals surface area contributed by atoms with Crippen molar-refractivity contribution in [3.05, 3.63) is 57.2 Å². The van der Waals surface area contributed by atoms with Crippen molar-refractivity contribution >= 4 is 27.5 Å². The number of nitrogens with one attached hydrogen (secondary N) is 1. The third-order valence-corrected chi connectivity index (χ3v) is 6.56. The maximum atomic E-state index is 13.2. The molecule has 0 aliphatic carbocycles. The molecule has 2 aromatic rings. The van der Waals surface area contributed by atoms with Crippen molar-refractivity contribution in [2.75, 3.05) is 19.6 Å². The molecular weight excluding hydrogens is 437 g/mol. The van der Waals surface area contributed by atoms with Crippen LogP contribution in [0.15, 0.2) is 40.0 Å². The largest absolute Gasteiger partial charge is 0.486 e. The molecule has 1 N–H and O–H groups in total. The van der Waals surface area contributed by atoms with E-state index >= 15 is 0 Å². The molecule has 0 bridgehead atoms. The van der Waals surface area contributed by atoms with Crippen LogP contribution in [-0.4, -0.2) is 49.5 Å². The van der Waals surface area contributed by atoms with Gasteiger partial charge in [-0.1, -0.05) is 11.6 Å². The second-order valence-electron chi connectivity index (χ2n) is 6.99. The van der Waals surface area contributed by atoms with Gasteiger partial charge in [0.15, 0.2) is 0 Å². The second-order valence-corrected chi connectivity index (χ2v) is 9.17. The Kier molecular flexibility index (Phi) is 6.49. The zero-order chi connectivity index (χ0) is 22.1. The van der Waals surface area contributed by atoms with E-state index in [1.165, 1.54) is 10.6 Å². The van der Waals surface area contributed by atoms with Crippen molar-refractivity contribution in [2.45, 2.75) is 24.3 Å². The van der Waals surface area contributed by atoms with Gasteiger partial charge in [-0.2, -0.15) is 0 Å². The molecule has 3 rings (SSSR count). The van der Waals surface area contributed by atoms with Gasteiger partial charge in [0.1, 0.15) is 17.7 Å². The van der Waals surface area contributed by atoms with Gasteiger partial charge in [-0.3, -0.25) is 9.59 Å². The third kappa shape index (κ3) is 5.00. The molecule has 1 aromatic carbocycles. The lowest BCUT2D eigenvalue weighted by molar-refractivity contribution is -0.139. The van der Waals surface area contributed by atoms with Crippen LogP contribution in [0.25, 0.3) is 0 Å². The van der Waals surface area contributed by atoms with Crippen molar-refractivity contribution in [3.63, 3.8) is 0 Å². The summed E-state index contributed by atoms with van der Waals surface area (Å²) in [6.45, 7) is 2.40. The SMILES string of the molecule is Cc1cc(OC2CN(C(=O)CCNS(=O)(=O)c3ccc(F)c(Cl)c3)C2)cc(=O)n1C. The van der Waals surface area contributed by atoms with Crippen molar-refractivity contribution < 1.29 is 22.3 Å². The number of carbonyl (C=O) groups is 1. The molecule has 162 valence electrons. The van der Waals surface area contributed by atoms with Gasteiger partial charge >= 0.3 is 0 Å². The standard InChI is InChI=1S/C19H21ClFN3O5S/c1-12-7-13(8-19(26)23(12)2)29-14-10-24(11-14)18(25)5-6-22-30(27,28)15-3-4-17(21)16(20)9-15/h3-4,7-9,14,22H,5-6,10-11H2,1-2H3. The van der Waals surface area contributed by atoms with Gasteiger partial charge in [0, 0.05) is 31.8 Å². The Labute approximate surface area is 178 Å². The Bertz CT molecular complexity index is 1130. The van der Waals surface area contributed by atoms with E-state index < -0.39 is 15.8 Å². The Hall–Kier alpha value is -2.43. The summed E-state index contributed by atoms with van der Waals surface area (Å²) in [7, 11) is -2.23. The zero-order valence-corrected chi connectivity index (χ0v) is 18.0. The van der Waals surface area contributed by atoms with Crippen molar-refractivity contribution in [2.24, 2.45) is 7.05 Å². The van der Waals surface area contributed by atoms with E-state index in [-0.39, 0.29) is 40.5 Å². The lowest BCUT2D eigenvalue weighted by Gasteiger charge is -2.39. The molecular formula is C19H21ClFN3O5S. The van der Waals surface area contributed by atoms with Crippen molar-refractivity contribution in [3.8, 4) is 5.75 Å². The first-order valence-electron chi connectivity index (χ1n) is 9.13. The van der Waals surface area contributed by atoms with E-state index in [4.69, 9.17) is 16.3 Å². The summed E-state index contributed by atoms with van der Waals surface area (Å²) in [5, 5.41) is -0.299. The Morgan fingerprint density at radius 1 is 1.30 bits per heavy atom. The van der Waals surface area contributed by atoms with Gasteiger partial charge < -0.3 is 14.2 Å². The second kappa shape index (κ2) is 8.75. The summed E-state index contributed by atoms with van der Waals surface area (Å²) in [4.78, 5) is 25.4. The number of halogens is 2. The molecule has 0 atom stereocenters. The highest BCUT2D eigenvalue weighted by Crippen LogP contribution is 2.20. The van der Waals surface area contributed by atoms with E-state index in [0.717, 1.165) is 23.9 Å². The minimum absolute atomic E-state index is 0.0358. The fourth-order valence-electron chi connectivity index (χ4n) is 2.89. The molecule has 0 spiro atoms. The van der Waals surface area contributed by atoms with E-state index in [9.17, 15) is 22.4 Å². The van der Waals surface area contributed by atoms with Crippen LogP contribution >= 0.6 is 11.6 Å². The first-order chi connectivity index (χ1) is 14.1. The maximum absolute atomic E-state index is 13.2. The molecule has 11 heteroatoms. The average Bonchev–Trinajstić information content (AvgIpc) is 2.64. The van der Waals surface area contributed by atoms with Crippen LogP contribution in [0.5, 0.6) is 5.75 Å². The predicted molar refractivity (Wildman–Crippen MR) is 109 cm³/mol. The van der Waals surface area contributed by atoms with E-state index in [2.05, 4.69) is 4.72 Å². The van der Waals surface area contributed by atoms with Crippen LogP contribution in [-0.2, 0) is 21.9 Å². The van der Waals surface area contributed by atoms with E-state index in [1.54, 1.807) is 24.9 Å². The highest BCUT2D eigenvalue weighted by Gasteiger charge is 2.32. The van der Waals surface area contributed by atoms with E-state index in [1.807, 2.05) is 0 Å². The lowest BCUT2D eigenvalue weighted by atomic mass is 10.1. The fourth-order valence-corrected chi connectivity index (χ4v) is 4.19. The number of rotatable bonds is 7. The summed E-state index contributed by atoms with van der Waals surface area (Å²) in [6, 6.07) is 6.22. The summed E-state index contributed by atoms with van der Waals surface area (Å²) in [5.74, 6) is -0.486. The number of benzene rings is 1. The van der Waals surface area contributed by atoms with Crippen LogP contribution < -0.4 is 15.0 Å². The quantitative estimate of drug-likeness (QED) is 0.678. The summed E-state index contributed by atoms with van der Waals surface area (Å²) < 4.78 is 47.1. The first-order valence-corrected chi connectivity index (χ1v) is 11.0. The molecule has 1 aromatic heterocycles. The molecule has 0 saturated carbocycles. The number of ether oxygens (including phenoxy) is 1. The molecule has 1 amide bonds. The average molecular weight is 458 g/mol. The third-order valence-electron chi connectivity index (χ3n) is 4.81. The molecule has 30 heavy (non-hydrogen) atoms. The van der Waals surface area contributed by atoms with Gasteiger partial charge in [-0.05, 0) is 31.2 Å².